The van der Waals surface area contributed by atoms with Crippen LogP contribution in [0.5, 0.6) is 0 Å². The minimum absolute atomic E-state index is 0.0473. The van der Waals surface area contributed by atoms with Crippen molar-refractivity contribution in [1.29, 1.82) is 0 Å². The minimum atomic E-state index is -0.0473. The van der Waals surface area contributed by atoms with Gasteiger partial charge in [0.1, 0.15) is 18.3 Å². The van der Waals surface area contributed by atoms with Gasteiger partial charge in [-0.05, 0) is 12.1 Å². The van der Waals surface area contributed by atoms with E-state index in [9.17, 15) is 4.79 Å². The van der Waals surface area contributed by atoms with Crippen LogP contribution in [0.4, 0.5) is 0 Å². The number of hydrogen-bond acceptors (Lipinski definition) is 3. The first-order valence-corrected chi connectivity index (χ1v) is 9.61. The van der Waals surface area contributed by atoms with E-state index < -0.39 is 0 Å². The zero-order chi connectivity index (χ0) is 18.4. The van der Waals surface area contributed by atoms with E-state index in [-0.39, 0.29) is 5.56 Å². The molecule has 7 heteroatoms. The van der Waals surface area contributed by atoms with Gasteiger partial charge in [-0.3, -0.25) is 0 Å². The molecular weight excluding hydrogens is 380 g/mol. The summed E-state index contributed by atoms with van der Waals surface area (Å²) in [5, 5.41) is 1.03. The molecule has 0 radical (unpaired) electrons. The van der Waals surface area contributed by atoms with Crippen molar-refractivity contribution >= 4 is 39.5 Å². The van der Waals surface area contributed by atoms with Crippen molar-refractivity contribution < 1.29 is 4.57 Å². The van der Waals surface area contributed by atoms with Crippen molar-refractivity contribution in [3.05, 3.63) is 86.9 Å². The Labute approximate surface area is 163 Å². The summed E-state index contributed by atoms with van der Waals surface area (Å²) in [5.41, 5.74) is 3.31. The summed E-state index contributed by atoms with van der Waals surface area (Å²) in [7, 11) is 0. The quantitative estimate of drug-likeness (QED) is 0.473. The van der Waals surface area contributed by atoms with Crippen LogP contribution in [0.2, 0.25) is 4.47 Å². The van der Waals surface area contributed by atoms with Gasteiger partial charge in [0.2, 0.25) is 0 Å². The normalized spacial score (nSPS) is 11.4. The molecule has 5 aromatic rings. The molecule has 1 aromatic carbocycles. The van der Waals surface area contributed by atoms with E-state index in [1.807, 2.05) is 54.9 Å². The molecule has 0 saturated carbocycles. The lowest BCUT2D eigenvalue weighted by Gasteiger charge is -2.05. The van der Waals surface area contributed by atoms with Gasteiger partial charge in [-0.25, -0.2) is 14.3 Å². The van der Waals surface area contributed by atoms with E-state index in [0.29, 0.717) is 16.6 Å². The van der Waals surface area contributed by atoms with E-state index in [1.165, 1.54) is 11.3 Å². The fraction of sp³-hybridized carbons (Fsp3) is 0.0500. The molecule has 4 aromatic heterocycles. The molecule has 0 saturated heterocycles. The molecular formula is C20H14ClN4OS+. The lowest BCUT2D eigenvalue weighted by Crippen LogP contribution is -2.40. The van der Waals surface area contributed by atoms with Crippen LogP contribution in [0.1, 0.15) is 4.88 Å². The van der Waals surface area contributed by atoms with Gasteiger partial charge < -0.3 is 4.98 Å². The smallest absolute Gasteiger partial charge is 0.350 e. The molecule has 0 bridgehead atoms. The first kappa shape index (κ1) is 16.2. The first-order chi connectivity index (χ1) is 13.2. The van der Waals surface area contributed by atoms with Gasteiger partial charge in [0.05, 0.1) is 11.1 Å². The van der Waals surface area contributed by atoms with Crippen LogP contribution in [-0.2, 0) is 6.54 Å². The van der Waals surface area contributed by atoms with Crippen LogP contribution in [0, 0.1) is 0 Å². The highest BCUT2D eigenvalue weighted by atomic mass is 35.5. The van der Waals surface area contributed by atoms with Gasteiger partial charge in [-0.1, -0.05) is 35.9 Å². The molecule has 0 amide bonds. The largest absolute Gasteiger partial charge is 0.361 e. The number of fused-ring (bicyclic) bond motifs is 2. The Morgan fingerprint density at radius 3 is 2.85 bits per heavy atom. The molecule has 0 fully saturated rings. The maximum absolute atomic E-state index is 13.2. The lowest BCUT2D eigenvalue weighted by atomic mass is 10.1. The number of aromatic nitrogens is 4. The van der Waals surface area contributed by atoms with Crippen molar-refractivity contribution in [2.24, 2.45) is 0 Å². The van der Waals surface area contributed by atoms with E-state index in [1.54, 1.807) is 16.8 Å². The molecule has 0 atom stereocenters. The summed E-state index contributed by atoms with van der Waals surface area (Å²) in [5.74, 6) is 0. The summed E-state index contributed by atoms with van der Waals surface area (Å²) in [6.45, 7) is 0.591. The van der Waals surface area contributed by atoms with Crippen LogP contribution in [-0.4, -0.2) is 14.4 Å². The van der Waals surface area contributed by atoms with Crippen LogP contribution < -0.4 is 10.1 Å². The maximum Gasteiger partial charge on any atom is 0.350 e. The summed E-state index contributed by atoms with van der Waals surface area (Å²) in [6.07, 6.45) is 7.38. The number of H-pyrrole nitrogens is 1. The van der Waals surface area contributed by atoms with E-state index in [2.05, 4.69) is 14.5 Å². The Kier molecular flexibility index (Phi) is 3.81. The second kappa shape index (κ2) is 6.33. The summed E-state index contributed by atoms with van der Waals surface area (Å²) in [4.78, 5) is 21.6. The van der Waals surface area contributed by atoms with Gasteiger partial charge in [0, 0.05) is 34.9 Å². The molecule has 1 N–H and O–H groups in total. The van der Waals surface area contributed by atoms with Crippen LogP contribution in [0.25, 0.3) is 27.7 Å². The predicted octanol–water partition coefficient (Wildman–Crippen LogP) is 3.89. The number of aromatic amines is 1. The molecule has 0 aliphatic rings. The SMILES string of the molecule is O=c1c(-c2c[nH]c3ccccc23)c[n+](Cc2cnc(Cl)s2)c2ccccn12. The van der Waals surface area contributed by atoms with Gasteiger partial charge >= 0.3 is 5.56 Å². The zero-order valence-electron chi connectivity index (χ0n) is 14.1. The van der Waals surface area contributed by atoms with Gasteiger partial charge in [0.15, 0.2) is 4.47 Å². The molecule has 0 unspecified atom stereocenters. The second-order valence-electron chi connectivity index (χ2n) is 6.23. The highest BCUT2D eigenvalue weighted by Crippen LogP contribution is 2.26. The molecule has 4 heterocycles. The van der Waals surface area contributed by atoms with Gasteiger partial charge in [-0.15, -0.1) is 11.3 Å². The Morgan fingerprint density at radius 1 is 1.15 bits per heavy atom. The number of nitrogens with zero attached hydrogens (tertiary/aromatic N) is 3. The van der Waals surface area contributed by atoms with Crippen molar-refractivity contribution in [2.75, 3.05) is 0 Å². The standard InChI is InChI=1S/C20H14ClN4OS/c21-20-23-9-13(27-20)11-24-12-16(19(26)25-8-4-3-7-18(24)25)15-10-22-17-6-2-1-5-14(15)17/h1-10,12,22H,11H2/q+1. The third kappa shape index (κ3) is 2.74. The van der Waals surface area contributed by atoms with Crippen molar-refractivity contribution in [3.8, 4) is 11.1 Å². The highest BCUT2D eigenvalue weighted by molar-refractivity contribution is 7.15. The fourth-order valence-corrected chi connectivity index (χ4v) is 4.35. The Hall–Kier alpha value is -2.96. The predicted molar refractivity (Wildman–Crippen MR) is 107 cm³/mol. The summed E-state index contributed by atoms with van der Waals surface area (Å²) < 4.78 is 4.25. The van der Waals surface area contributed by atoms with Crippen LogP contribution >= 0.6 is 22.9 Å². The van der Waals surface area contributed by atoms with Crippen LogP contribution in [0.15, 0.2) is 72.0 Å². The molecule has 0 aliphatic heterocycles. The molecule has 0 aliphatic carbocycles. The number of nitrogens with one attached hydrogen (secondary N) is 1. The highest BCUT2D eigenvalue weighted by Gasteiger charge is 2.20. The van der Waals surface area contributed by atoms with Crippen molar-refractivity contribution in [3.63, 3.8) is 0 Å². The van der Waals surface area contributed by atoms with Crippen molar-refractivity contribution in [2.45, 2.75) is 6.54 Å². The Bertz CT molecular complexity index is 1350. The number of benzene rings is 1. The topological polar surface area (TPSA) is 54.0 Å². The zero-order valence-corrected chi connectivity index (χ0v) is 15.7. The van der Waals surface area contributed by atoms with E-state index >= 15 is 0 Å². The number of thiazole rings is 1. The summed E-state index contributed by atoms with van der Waals surface area (Å²) >= 11 is 7.43. The first-order valence-electron chi connectivity index (χ1n) is 8.41. The third-order valence-corrected chi connectivity index (χ3v) is 5.70. The fourth-order valence-electron chi connectivity index (χ4n) is 3.38. The number of para-hydroxylation sites is 1. The molecule has 0 spiro atoms. The lowest BCUT2D eigenvalue weighted by molar-refractivity contribution is -0.664. The second-order valence-corrected chi connectivity index (χ2v) is 7.93. The Morgan fingerprint density at radius 2 is 2.00 bits per heavy atom. The number of rotatable bonds is 3. The molecule has 5 rings (SSSR count). The number of hydrogen-bond donors (Lipinski definition) is 1. The summed E-state index contributed by atoms with van der Waals surface area (Å²) in [6, 6.07) is 13.7. The Balaban J connectivity index is 1.78. The molecule has 27 heavy (non-hydrogen) atoms. The number of pyridine rings is 1. The maximum atomic E-state index is 13.2. The van der Waals surface area contributed by atoms with E-state index in [0.717, 1.165) is 27.0 Å². The molecule has 132 valence electrons. The van der Waals surface area contributed by atoms with Crippen molar-refractivity contribution in [1.82, 2.24) is 14.4 Å². The monoisotopic (exact) mass is 393 g/mol. The number of halogens is 1. The van der Waals surface area contributed by atoms with Gasteiger partial charge in [0.25, 0.3) is 5.65 Å². The average molecular weight is 394 g/mol. The average Bonchev–Trinajstić information content (AvgIpc) is 3.30. The van der Waals surface area contributed by atoms with Crippen LogP contribution in [0.3, 0.4) is 0 Å². The third-order valence-electron chi connectivity index (χ3n) is 4.60. The van der Waals surface area contributed by atoms with Gasteiger partial charge in [-0.2, -0.15) is 4.40 Å². The minimum Gasteiger partial charge on any atom is -0.361 e. The van der Waals surface area contributed by atoms with E-state index in [4.69, 9.17) is 11.6 Å². The molecule has 5 nitrogen and oxygen atoms in total.